The lowest BCUT2D eigenvalue weighted by Crippen LogP contribution is -2.24. The van der Waals surface area contributed by atoms with Crippen molar-refractivity contribution in [3.8, 4) is 0 Å². The van der Waals surface area contributed by atoms with Gasteiger partial charge < -0.3 is 5.32 Å². The van der Waals surface area contributed by atoms with E-state index in [1.165, 1.54) is 30.4 Å². The van der Waals surface area contributed by atoms with Crippen molar-refractivity contribution in [3.05, 3.63) is 41.2 Å². The second-order valence-corrected chi connectivity index (χ2v) is 6.19. The van der Waals surface area contributed by atoms with Crippen molar-refractivity contribution in [1.29, 1.82) is 0 Å². The number of nitrogens with one attached hydrogen (secondary N) is 1. The molecule has 2 heterocycles. The van der Waals surface area contributed by atoms with Gasteiger partial charge in [-0.3, -0.25) is 0 Å². The molecule has 2 aromatic rings. The van der Waals surface area contributed by atoms with E-state index in [0.29, 0.717) is 12.0 Å². The highest BCUT2D eigenvalue weighted by Crippen LogP contribution is 2.37. The van der Waals surface area contributed by atoms with Crippen LogP contribution in [-0.2, 0) is 6.42 Å². The fourth-order valence-electron chi connectivity index (χ4n) is 3.24. The van der Waals surface area contributed by atoms with Gasteiger partial charge in [-0.25, -0.2) is 4.68 Å². The fourth-order valence-corrected chi connectivity index (χ4v) is 3.24. The van der Waals surface area contributed by atoms with Crippen LogP contribution in [0.4, 0.5) is 5.95 Å². The van der Waals surface area contributed by atoms with Crippen molar-refractivity contribution < 1.29 is 0 Å². The molecule has 4 nitrogen and oxygen atoms in total. The summed E-state index contributed by atoms with van der Waals surface area (Å²) < 4.78 is 2.11. The first-order valence-corrected chi connectivity index (χ1v) is 8.14. The zero-order chi connectivity index (χ0) is 14.2. The Kier molecular flexibility index (Phi) is 3.17. The van der Waals surface area contributed by atoms with Crippen LogP contribution in [0.25, 0.3) is 0 Å². The van der Waals surface area contributed by atoms with Gasteiger partial charge >= 0.3 is 0 Å². The van der Waals surface area contributed by atoms with Crippen LogP contribution < -0.4 is 5.32 Å². The van der Waals surface area contributed by atoms with E-state index in [4.69, 9.17) is 10.1 Å². The van der Waals surface area contributed by atoms with Gasteiger partial charge in [0, 0.05) is 12.5 Å². The summed E-state index contributed by atoms with van der Waals surface area (Å²) in [6, 6.07) is 9.31. The third-order valence-electron chi connectivity index (χ3n) is 4.89. The first-order chi connectivity index (χ1) is 10.3. The number of aryl methyl sites for hydroxylation is 1. The van der Waals surface area contributed by atoms with Crippen LogP contribution in [0.15, 0.2) is 24.3 Å². The molecule has 0 bridgehead atoms. The molecule has 0 amide bonds. The molecule has 1 aliphatic heterocycles. The van der Waals surface area contributed by atoms with E-state index in [2.05, 4.69) is 41.2 Å². The van der Waals surface area contributed by atoms with Crippen LogP contribution >= 0.6 is 0 Å². The van der Waals surface area contributed by atoms with E-state index in [-0.39, 0.29) is 0 Å². The summed E-state index contributed by atoms with van der Waals surface area (Å²) in [5.74, 6) is 2.58. The lowest BCUT2D eigenvalue weighted by atomic mass is 9.85. The van der Waals surface area contributed by atoms with Gasteiger partial charge in [0.1, 0.15) is 0 Å². The summed E-state index contributed by atoms with van der Waals surface area (Å²) in [7, 11) is 0. The van der Waals surface area contributed by atoms with Crippen LogP contribution in [0, 0.1) is 0 Å². The largest absolute Gasteiger partial charge is 0.354 e. The minimum atomic E-state index is 0.327. The van der Waals surface area contributed by atoms with Gasteiger partial charge in [0.25, 0.3) is 0 Å². The molecule has 4 rings (SSSR count). The van der Waals surface area contributed by atoms with Gasteiger partial charge in [0.05, 0.1) is 6.04 Å². The Balaban J connectivity index is 1.66. The van der Waals surface area contributed by atoms with Crippen LogP contribution in [0.5, 0.6) is 0 Å². The topological polar surface area (TPSA) is 42.7 Å². The predicted octanol–water partition coefficient (Wildman–Crippen LogP) is 3.51. The highest BCUT2D eigenvalue weighted by atomic mass is 15.4. The van der Waals surface area contributed by atoms with Gasteiger partial charge in [0.2, 0.25) is 5.95 Å². The highest BCUT2D eigenvalue weighted by Gasteiger charge is 2.29. The molecule has 1 aliphatic carbocycles. The standard InChI is InChI=1S/C17H22N4/c1-2-12-6-8-13(9-7-12)15-10-11-18-17-19-16(20-21(15)17)14-4-3-5-14/h6-9,14-15H,2-5,10-11H2,1H3,(H,18,19,20). The Hall–Kier alpha value is -1.84. The number of fused-ring (bicyclic) bond motifs is 1. The molecule has 21 heavy (non-hydrogen) atoms. The van der Waals surface area contributed by atoms with Crippen molar-refractivity contribution in [2.24, 2.45) is 0 Å². The molecule has 2 aliphatic rings. The molecule has 110 valence electrons. The summed E-state index contributed by atoms with van der Waals surface area (Å²) in [5.41, 5.74) is 2.74. The van der Waals surface area contributed by atoms with Crippen molar-refractivity contribution in [3.63, 3.8) is 0 Å². The molecule has 1 saturated carbocycles. The Bertz CT molecular complexity index is 625. The Labute approximate surface area is 125 Å². The van der Waals surface area contributed by atoms with E-state index >= 15 is 0 Å². The maximum atomic E-state index is 4.82. The second-order valence-electron chi connectivity index (χ2n) is 6.19. The molecular formula is C17H22N4. The minimum Gasteiger partial charge on any atom is -0.354 e. The molecular weight excluding hydrogens is 260 g/mol. The number of aromatic nitrogens is 3. The van der Waals surface area contributed by atoms with Gasteiger partial charge in [-0.15, -0.1) is 0 Å². The van der Waals surface area contributed by atoms with Gasteiger partial charge in [-0.1, -0.05) is 37.6 Å². The Morgan fingerprint density at radius 2 is 2.00 bits per heavy atom. The molecule has 0 spiro atoms. The van der Waals surface area contributed by atoms with Crippen LogP contribution in [-0.4, -0.2) is 21.3 Å². The highest BCUT2D eigenvalue weighted by molar-refractivity contribution is 5.34. The van der Waals surface area contributed by atoms with Gasteiger partial charge in [0.15, 0.2) is 5.82 Å². The zero-order valence-electron chi connectivity index (χ0n) is 12.5. The van der Waals surface area contributed by atoms with Crippen molar-refractivity contribution in [1.82, 2.24) is 14.8 Å². The molecule has 1 unspecified atom stereocenters. The zero-order valence-corrected chi connectivity index (χ0v) is 12.5. The second kappa shape index (κ2) is 5.17. The molecule has 1 N–H and O–H groups in total. The van der Waals surface area contributed by atoms with E-state index in [9.17, 15) is 0 Å². The summed E-state index contributed by atoms with van der Waals surface area (Å²) in [5, 5.41) is 8.21. The third-order valence-corrected chi connectivity index (χ3v) is 4.89. The number of hydrogen-bond acceptors (Lipinski definition) is 3. The molecule has 1 aromatic carbocycles. The van der Waals surface area contributed by atoms with E-state index in [1.54, 1.807) is 0 Å². The lowest BCUT2D eigenvalue weighted by molar-refractivity contribution is 0.393. The Morgan fingerprint density at radius 3 is 2.67 bits per heavy atom. The summed E-state index contributed by atoms with van der Waals surface area (Å²) in [6.45, 7) is 3.17. The van der Waals surface area contributed by atoms with E-state index < -0.39 is 0 Å². The third kappa shape index (κ3) is 2.23. The fraction of sp³-hybridized carbons (Fsp3) is 0.529. The molecule has 1 atom stereocenters. The lowest BCUT2D eigenvalue weighted by Gasteiger charge is -2.25. The average Bonchev–Trinajstić information content (AvgIpc) is 2.88. The first kappa shape index (κ1) is 12.9. The number of benzene rings is 1. The van der Waals surface area contributed by atoms with Crippen molar-refractivity contribution >= 4 is 5.95 Å². The van der Waals surface area contributed by atoms with Gasteiger partial charge in [-0.05, 0) is 36.8 Å². The summed E-state index contributed by atoms with van der Waals surface area (Å²) in [4.78, 5) is 4.72. The first-order valence-electron chi connectivity index (χ1n) is 8.14. The average molecular weight is 282 g/mol. The maximum absolute atomic E-state index is 4.82. The minimum absolute atomic E-state index is 0.327. The summed E-state index contributed by atoms with van der Waals surface area (Å²) in [6.07, 6.45) is 5.99. The smallest absolute Gasteiger partial charge is 0.221 e. The number of anilines is 1. The van der Waals surface area contributed by atoms with Crippen LogP contribution in [0.2, 0.25) is 0 Å². The number of nitrogens with zero attached hydrogens (tertiary/aromatic N) is 3. The SMILES string of the molecule is CCc1ccc(C2CCNc3nc(C4CCC4)nn32)cc1. The van der Waals surface area contributed by atoms with Crippen LogP contribution in [0.1, 0.15) is 61.5 Å². The van der Waals surface area contributed by atoms with Crippen LogP contribution in [0.3, 0.4) is 0 Å². The van der Waals surface area contributed by atoms with Crippen molar-refractivity contribution in [2.75, 3.05) is 11.9 Å². The number of rotatable bonds is 3. The summed E-state index contributed by atoms with van der Waals surface area (Å²) >= 11 is 0. The normalized spacial score (nSPS) is 21.5. The number of hydrogen-bond donors (Lipinski definition) is 1. The Morgan fingerprint density at radius 1 is 1.19 bits per heavy atom. The molecule has 4 heteroatoms. The molecule has 1 aromatic heterocycles. The molecule has 1 fully saturated rings. The van der Waals surface area contributed by atoms with E-state index in [0.717, 1.165) is 31.2 Å². The van der Waals surface area contributed by atoms with Crippen molar-refractivity contribution in [2.45, 2.75) is 51.0 Å². The molecule has 0 saturated heterocycles. The maximum Gasteiger partial charge on any atom is 0.221 e. The predicted molar refractivity (Wildman–Crippen MR) is 83.7 cm³/mol. The van der Waals surface area contributed by atoms with Gasteiger partial charge in [-0.2, -0.15) is 10.1 Å². The molecule has 0 radical (unpaired) electrons. The van der Waals surface area contributed by atoms with E-state index in [1.807, 2.05) is 0 Å². The monoisotopic (exact) mass is 282 g/mol. The quantitative estimate of drug-likeness (QED) is 0.936.